The van der Waals surface area contributed by atoms with Crippen molar-refractivity contribution in [2.24, 2.45) is 0 Å². The van der Waals surface area contributed by atoms with E-state index in [1.807, 2.05) is 0 Å². The van der Waals surface area contributed by atoms with Crippen molar-refractivity contribution >= 4 is 38.7 Å². The van der Waals surface area contributed by atoms with Crippen molar-refractivity contribution in [3.63, 3.8) is 0 Å². The van der Waals surface area contributed by atoms with Gasteiger partial charge in [-0.3, -0.25) is 4.79 Å². The molecule has 1 amide bonds. The Balaban J connectivity index is 2.02. The SMILES string of the molecule is CCCCN(C)C(=O)c1cc2c(s1)-c1ccc(Cl)cc1S(=O)(=O)C2. The highest BCUT2D eigenvalue weighted by Gasteiger charge is 2.31. The summed E-state index contributed by atoms with van der Waals surface area (Å²) in [4.78, 5) is 15.9. The lowest BCUT2D eigenvalue weighted by atomic mass is 10.1. The molecule has 0 N–H and O–H groups in total. The van der Waals surface area contributed by atoms with Crippen LogP contribution in [0.25, 0.3) is 10.4 Å². The lowest BCUT2D eigenvalue weighted by Gasteiger charge is -2.16. The predicted molar refractivity (Wildman–Crippen MR) is 97.5 cm³/mol. The number of fused-ring (bicyclic) bond motifs is 3. The highest BCUT2D eigenvalue weighted by Crippen LogP contribution is 2.43. The Morgan fingerprint density at radius 1 is 1.33 bits per heavy atom. The first-order valence-corrected chi connectivity index (χ1v) is 10.6. The van der Waals surface area contributed by atoms with Crippen molar-refractivity contribution in [1.29, 1.82) is 0 Å². The third-order valence-corrected chi connectivity index (χ3v) is 7.22. The number of carbonyl (C=O) groups is 1. The minimum Gasteiger partial charge on any atom is -0.341 e. The van der Waals surface area contributed by atoms with Crippen LogP contribution in [0.4, 0.5) is 0 Å². The normalized spacial score (nSPS) is 14.8. The van der Waals surface area contributed by atoms with Crippen molar-refractivity contribution in [1.82, 2.24) is 4.90 Å². The number of unbranched alkanes of at least 4 members (excludes halogenated alkanes) is 1. The molecule has 0 saturated carbocycles. The summed E-state index contributed by atoms with van der Waals surface area (Å²) < 4.78 is 25.0. The lowest BCUT2D eigenvalue weighted by Crippen LogP contribution is -2.26. The third kappa shape index (κ3) is 3.10. The van der Waals surface area contributed by atoms with Gasteiger partial charge in [0.1, 0.15) is 0 Å². The van der Waals surface area contributed by atoms with Gasteiger partial charge in [0.05, 0.1) is 15.5 Å². The lowest BCUT2D eigenvalue weighted by molar-refractivity contribution is 0.0798. The molecule has 0 bridgehead atoms. The first-order chi connectivity index (χ1) is 11.3. The quantitative estimate of drug-likeness (QED) is 0.793. The molecule has 0 fully saturated rings. The van der Waals surface area contributed by atoms with Crippen LogP contribution in [0.15, 0.2) is 29.2 Å². The van der Waals surface area contributed by atoms with Crippen LogP contribution in [0.1, 0.15) is 35.0 Å². The zero-order valence-electron chi connectivity index (χ0n) is 13.5. The monoisotopic (exact) mass is 383 g/mol. The standard InChI is InChI=1S/C17H18ClNO3S2/c1-3-4-7-19(2)17(20)14-8-11-10-24(21,22)15-9-12(18)5-6-13(15)16(11)23-14/h5-6,8-9H,3-4,7,10H2,1-2H3. The molecule has 2 aromatic rings. The Labute approximate surface area is 151 Å². The van der Waals surface area contributed by atoms with Gasteiger partial charge in [0, 0.05) is 29.1 Å². The number of thiophene rings is 1. The molecular weight excluding hydrogens is 366 g/mol. The predicted octanol–water partition coefficient (Wildman–Crippen LogP) is 4.23. The fraction of sp³-hybridized carbons (Fsp3) is 0.353. The fourth-order valence-corrected chi connectivity index (χ4v) is 5.99. The fourth-order valence-electron chi connectivity index (χ4n) is 2.78. The topological polar surface area (TPSA) is 54.5 Å². The second-order valence-electron chi connectivity index (χ2n) is 5.94. The molecule has 4 nitrogen and oxygen atoms in total. The molecule has 7 heteroatoms. The van der Waals surface area contributed by atoms with Crippen molar-refractivity contribution < 1.29 is 13.2 Å². The maximum absolute atomic E-state index is 12.6. The molecule has 0 atom stereocenters. The number of carbonyl (C=O) groups excluding carboxylic acids is 1. The third-order valence-electron chi connectivity index (χ3n) is 4.08. The Morgan fingerprint density at radius 3 is 2.79 bits per heavy atom. The average Bonchev–Trinajstić information content (AvgIpc) is 2.94. The van der Waals surface area contributed by atoms with E-state index >= 15 is 0 Å². The molecule has 0 saturated heterocycles. The van der Waals surface area contributed by atoms with Gasteiger partial charge in [-0.1, -0.05) is 31.0 Å². The Morgan fingerprint density at radius 2 is 2.08 bits per heavy atom. The second-order valence-corrected chi connectivity index (χ2v) is 9.39. The van der Waals surface area contributed by atoms with Gasteiger partial charge in [-0.15, -0.1) is 11.3 Å². The molecule has 3 rings (SSSR count). The number of sulfone groups is 1. The van der Waals surface area contributed by atoms with Gasteiger partial charge >= 0.3 is 0 Å². The van der Waals surface area contributed by atoms with Crippen LogP contribution >= 0.6 is 22.9 Å². The minimum absolute atomic E-state index is 0.0595. The van der Waals surface area contributed by atoms with Crippen molar-refractivity contribution in [2.45, 2.75) is 30.4 Å². The number of hydrogen-bond donors (Lipinski definition) is 0. The van der Waals surface area contributed by atoms with Crippen molar-refractivity contribution in [3.05, 3.63) is 39.7 Å². The maximum atomic E-state index is 12.6. The van der Waals surface area contributed by atoms with E-state index in [2.05, 4.69) is 6.92 Å². The van der Waals surface area contributed by atoms with E-state index in [4.69, 9.17) is 11.6 Å². The molecule has 0 spiro atoms. The van der Waals surface area contributed by atoms with Crippen LogP contribution in [0.3, 0.4) is 0 Å². The molecule has 0 aliphatic carbocycles. The van der Waals surface area contributed by atoms with E-state index in [-0.39, 0.29) is 16.6 Å². The molecule has 128 valence electrons. The van der Waals surface area contributed by atoms with Crippen LogP contribution in [0, 0.1) is 0 Å². The summed E-state index contributed by atoms with van der Waals surface area (Å²) >= 11 is 7.31. The van der Waals surface area contributed by atoms with E-state index in [0.717, 1.165) is 17.7 Å². The van der Waals surface area contributed by atoms with Gasteiger partial charge in [0.25, 0.3) is 5.91 Å². The number of benzene rings is 1. The summed E-state index contributed by atoms with van der Waals surface area (Å²) in [6, 6.07) is 6.61. The molecule has 2 heterocycles. The Kier molecular flexibility index (Phi) is 4.73. The molecule has 1 aliphatic rings. The summed E-state index contributed by atoms with van der Waals surface area (Å²) in [5.74, 6) is -0.145. The van der Waals surface area contributed by atoms with Crippen LogP contribution < -0.4 is 0 Å². The van der Waals surface area contributed by atoms with Crippen LogP contribution in [-0.2, 0) is 15.6 Å². The van der Waals surface area contributed by atoms with Gasteiger partial charge in [-0.05, 0) is 30.2 Å². The molecular formula is C17H18ClNO3S2. The van der Waals surface area contributed by atoms with Crippen LogP contribution in [0.5, 0.6) is 0 Å². The van der Waals surface area contributed by atoms with Gasteiger partial charge in [0.2, 0.25) is 0 Å². The Bertz CT molecular complexity index is 903. The Hall–Kier alpha value is -1.37. The first kappa shape index (κ1) is 17.5. The smallest absolute Gasteiger partial charge is 0.263 e. The highest BCUT2D eigenvalue weighted by molar-refractivity contribution is 7.91. The number of hydrogen-bond acceptors (Lipinski definition) is 4. The van der Waals surface area contributed by atoms with Gasteiger partial charge in [0.15, 0.2) is 9.84 Å². The van der Waals surface area contributed by atoms with Crippen molar-refractivity contribution in [2.75, 3.05) is 13.6 Å². The summed E-state index contributed by atoms with van der Waals surface area (Å²) in [5, 5.41) is 0.396. The molecule has 0 unspecified atom stereocenters. The first-order valence-electron chi connectivity index (χ1n) is 7.74. The summed E-state index contributed by atoms with van der Waals surface area (Å²) in [6.07, 6.45) is 1.97. The van der Waals surface area contributed by atoms with E-state index in [0.29, 0.717) is 27.6 Å². The number of rotatable bonds is 4. The summed E-state index contributed by atoms with van der Waals surface area (Å²) in [7, 11) is -1.65. The number of halogens is 1. The van der Waals surface area contributed by atoms with Gasteiger partial charge < -0.3 is 4.90 Å². The minimum atomic E-state index is -3.43. The second kappa shape index (κ2) is 6.50. The van der Waals surface area contributed by atoms with E-state index in [9.17, 15) is 13.2 Å². The zero-order chi connectivity index (χ0) is 17.5. The molecule has 1 aromatic heterocycles. The van der Waals surface area contributed by atoms with E-state index in [1.165, 1.54) is 17.4 Å². The molecule has 24 heavy (non-hydrogen) atoms. The van der Waals surface area contributed by atoms with E-state index < -0.39 is 9.84 Å². The van der Waals surface area contributed by atoms with E-state index in [1.54, 1.807) is 30.1 Å². The largest absolute Gasteiger partial charge is 0.341 e. The molecule has 1 aromatic carbocycles. The average molecular weight is 384 g/mol. The van der Waals surface area contributed by atoms with Gasteiger partial charge in [-0.25, -0.2) is 8.42 Å². The van der Waals surface area contributed by atoms with Crippen LogP contribution in [-0.4, -0.2) is 32.8 Å². The van der Waals surface area contributed by atoms with Gasteiger partial charge in [-0.2, -0.15) is 0 Å². The number of nitrogens with zero attached hydrogens (tertiary/aromatic N) is 1. The summed E-state index contributed by atoms with van der Waals surface area (Å²) in [6.45, 7) is 2.78. The van der Waals surface area contributed by atoms with Crippen molar-refractivity contribution in [3.8, 4) is 10.4 Å². The number of amides is 1. The summed E-state index contributed by atoms with van der Waals surface area (Å²) in [5.41, 5.74) is 1.34. The molecule has 0 radical (unpaired) electrons. The maximum Gasteiger partial charge on any atom is 0.263 e. The highest BCUT2D eigenvalue weighted by atomic mass is 35.5. The molecule has 1 aliphatic heterocycles. The van der Waals surface area contributed by atoms with Crippen LogP contribution in [0.2, 0.25) is 5.02 Å². The zero-order valence-corrected chi connectivity index (χ0v) is 15.9.